The third-order valence-corrected chi connectivity index (χ3v) is 5.36. The van der Waals surface area contributed by atoms with E-state index in [1.54, 1.807) is 10.6 Å². The molecule has 1 aromatic carbocycles. The molecule has 0 fully saturated rings. The molecule has 0 saturated carbocycles. The van der Waals surface area contributed by atoms with Crippen molar-refractivity contribution in [2.24, 2.45) is 7.05 Å². The van der Waals surface area contributed by atoms with Crippen LogP contribution in [0.25, 0.3) is 0 Å². The molecule has 1 aromatic heterocycles. The van der Waals surface area contributed by atoms with Gasteiger partial charge in [-0.15, -0.1) is 0 Å². The van der Waals surface area contributed by atoms with Crippen molar-refractivity contribution < 1.29 is 4.79 Å². The van der Waals surface area contributed by atoms with Crippen molar-refractivity contribution in [2.75, 3.05) is 5.32 Å². The Bertz CT molecular complexity index is 666. The van der Waals surface area contributed by atoms with E-state index in [0.717, 1.165) is 25.9 Å². The van der Waals surface area contributed by atoms with Crippen molar-refractivity contribution in [2.45, 2.75) is 20.8 Å². The molecule has 5 heteroatoms. The molecule has 2 rings (SSSR count). The highest BCUT2D eigenvalue weighted by molar-refractivity contribution is 9.13. The number of nitrogens with zero attached hydrogens (tertiary/aromatic N) is 1. The Balaban J connectivity index is 2.35. The van der Waals surface area contributed by atoms with Gasteiger partial charge in [0.1, 0.15) is 5.69 Å². The van der Waals surface area contributed by atoms with Gasteiger partial charge in [0.05, 0.1) is 9.08 Å². The summed E-state index contributed by atoms with van der Waals surface area (Å²) in [6, 6.07) is 5.94. The van der Waals surface area contributed by atoms with Crippen molar-refractivity contribution in [3.05, 3.63) is 49.7 Å². The Labute approximate surface area is 135 Å². The van der Waals surface area contributed by atoms with E-state index in [9.17, 15) is 4.79 Å². The largest absolute Gasteiger partial charge is 0.333 e. The van der Waals surface area contributed by atoms with Crippen LogP contribution >= 0.6 is 31.9 Å². The highest BCUT2D eigenvalue weighted by Crippen LogP contribution is 2.28. The molecule has 3 nitrogen and oxygen atoms in total. The van der Waals surface area contributed by atoms with Gasteiger partial charge >= 0.3 is 0 Å². The molecule has 0 aliphatic heterocycles. The van der Waals surface area contributed by atoms with E-state index in [1.165, 1.54) is 5.56 Å². The summed E-state index contributed by atoms with van der Waals surface area (Å²) in [4.78, 5) is 12.4. The van der Waals surface area contributed by atoms with Crippen molar-refractivity contribution in [1.82, 2.24) is 4.57 Å². The first-order valence-corrected chi connectivity index (χ1v) is 7.79. The third kappa shape index (κ3) is 2.83. The fourth-order valence-corrected chi connectivity index (χ4v) is 3.10. The SMILES string of the molecule is Cc1cc(C)c(NC(=O)c2cc(Br)c(Br)n2C)c(C)c1. The van der Waals surface area contributed by atoms with Gasteiger partial charge in [0.15, 0.2) is 0 Å². The molecule has 106 valence electrons. The molecule has 1 N–H and O–H groups in total. The quantitative estimate of drug-likeness (QED) is 0.778. The Morgan fingerprint density at radius 3 is 2.10 bits per heavy atom. The molecule has 0 bridgehead atoms. The summed E-state index contributed by atoms with van der Waals surface area (Å²) < 4.78 is 3.51. The number of halogens is 2. The van der Waals surface area contributed by atoms with Crippen LogP contribution in [0.15, 0.2) is 27.3 Å². The maximum absolute atomic E-state index is 12.4. The van der Waals surface area contributed by atoms with Crippen LogP contribution in [-0.4, -0.2) is 10.5 Å². The number of aromatic nitrogens is 1. The second-order valence-electron chi connectivity index (χ2n) is 4.96. The second kappa shape index (κ2) is 5.74. The normalized spacial score (nSPS) is 10.7. The van der Waals surface area contributed by atoms with E-state index in [-0.39, 0.29) is 5.91 Å². The summed E-state index contributed by atoms with van der Waals surface area (Å²) in [5.74, 6) is -0.117. The molecule has 0 aliphatic carbocycles. The average molecular weight is 400 g/mol. The smallest absolute Gasteiger partial charge is 0.272 e. The van der Waals surface area contributed by atoms with Crippen molar-refractivity contribution in [3.8, 4) is 0 Å². The van der Waals surface area contributed by atoms with E-state index < -0.39 is 0 Å². The van der Waals surface area contributed by atoms with Gasteiger partial charge in [-0.3, -0.25) is 4.79 Å². The Kier molecular flexibility index (Phi) is 4.39. The van der Waals surface area contributed by atoms with E-state index in [2.05, 4.69) is 56.2 Å². The van der Waals surface area contributed by atoms with Gasteiger partial charge in [-0.1, -0.05) is 17.7 Å². The van der Waals surface area contributed by atoms with E-state index in [1.807, 2.05) is 20.9 Å². The van der Waals surface area contributed by atoms with Gasteiger partial charge in [0, 0.05) is 12.7 Å². The maximum atomic E-state index is 12.4. The summed E-state index contributed by atoms with van der Waals surface area (Å²) >= 11 is 6.84. The summed E-state index contributed by atoms with van der Waals surface area (Å²) in [5, 5.41) is 3.00. The maximum Gasteiger partial charge on any atom is 0.272 e. The van der Waals surface area contributed by atoms with Gasteiger partial charge in [-0.25, -0.2) is 0 Å². The third-order valence-electron chi connectivity index (χ3n) is 3.26. The molecule has 0 spiro atoms. The first-order chi connectivity index (χ1) is 9.31. The van der Waals surface area contributed by atoms with Crippen molar-refractivity contribution in [1.29, 1.82) is 0 Å². The van der Waals surface area contributed by atoms with Crippen LogP contribution in [-0.2, 0) is 7.05 Å². The standard InChI is InChI=1S/C15H16Br2N2O/c1-8-5-9(2)13(10(3)6-8)18-15(20)12-7-11(16)14(17)19(12)4/h5-7H,1-4H3,(H,18,20). The molecule has 0 aliphatic rings. The lowest BCUT2D eigenvalue weighted by Crippen LogP contribution is -2.17. The molecule has 0 radical (unpaired) electrons. The minimum atomic E-state index is -0.117. The van der Waals surface area contributed by atoms with Gasteiger partial charge in [-0.05, 0) is 69.8 Å². The van der Waals surface area contributed by atoms with Gasteiger partial charge in [0.25, 0.3) is 5.91 Å². The predicted octanol–water partition coefficient (Wildman–Crippen LogP) is 4.73. The molecular formula is C15H16Br2N2O. The van der Waals surface area contributed by atoms with E-state index >= 15 is 0 Å². The zero-order valence-electron chi connectivity index (χ0n) is 11.8. The lowest BCUT2D eigenvalue weighted by molar-refractivity contribution is 0.101. The number of nitrogens with one attached hydrogen (secondary N) is 1. The van der Waals surface area contributed by atoms with Crippen LogP contribution in [0, 0.1) is 20.8 Å². The van der Waals surface area contributed by atoms with Gasteiger partial charge < -0.3 is 9.88 Å². The number of benzene rings is 1. The number of hydrogen-bond acceptors (Lipinski definition) is 1. The highest BCUT2D eigenvalue weighted by Gasteiger charge is 2.16. The molecule has 1 amide bonds. The van der Waals surface area contributed by atoms with Crippen LogP contribution in [0.5, 0.6) is 0 Å². The topological polar surface area (TPSA) is 34.0 Å². The molecule has 0 unspecified atom stereocenters. The number of hydrogen-bond donors (Lipinski definition) is 1. The zero-order valence-corrected chi connectivity index (χ0v) is 15.0. The summed E-state index contributed by atoms with van der Waals surface area (Å²) in [6.07, 6.45) is 0. The fourth-order valence-electron chi connectivity index (χ4n) is 2.31. The monoisotopic (exact) mass is 398 g/mol. The second-order valence-corrected chi connectivity index (χ2v) is 6.56. The molecular weight excluding hydrogens is 384 g/mol. The highest BCUT2D eigenvalue weighted by atomic mass is 79.9. The minimum Gasteiger partial charge on any atom is -0.333 e. The molecule has 0 atom stereocenters. The number of amides is 1. The number of carbonyl (C=O) groups is 1. The first kappa shape index (κ1) is 15.3. The summed E-state index contributed by atoms with van der Waals surface area (Å²) in [6.45, 7) is 6.07. The van der Waals surface area contributed by atoms with Crippen LogP contribution in [0.1, 0.15) is 27.2 Å². The number of aryl methyl sites for hydroxylation is 3. The van der Waals surface area contributed by atoms with E-state index in [4.69, 9.17) is 0 Å². The van der Waals surface area contributed by atoms with Crippen LogP contribution in [0.4, 0.5) is 5.69 Å². The van der Waals surface area contributed by atoms with Gasteiger partial charge in [-0.2, -0.15) is 0 Å². The summed E-state index contributed by atoms with van der Waals surface area (Å²) in [5.41, 5.74) is 4.82. The number of anilines is 1. The average Bonchev–Trinajstić information content (AvgIpc) is 2.61. The Hall–Kier alpha value is -1.07. The number of rotatable bonds is 2. The van der Waals surface area contributed by atoms with Crippen molar-refractivity contribution >= 4 is 43.5 Å². The number of carbonyl (C=O) groups excluding carboxylic acids is 1. The molecule has 1 heterocycles. The molecule has 0 saturated heterocycles. The lowest BCUT2D eigenvalue weighted by atomic mass is 10.1. The minimum absolute atomic E-state index is 0.117. The van der Waals surface area contributed by atoms with E-state index in [0.29, 0.717) is 5.69 Å². The lowest BCUT2D eigenvalue weighted by Gasteiger charge is -2.13. The van der Waals surface area contributed by atoms with Crippen LogP contribution < -0.4 is 5.32 Å². The molecule has 2 aromatic rings. The van der Waals surface area contributed by atoms with Gasteiger partial charge in [0.2, 0.25) is 0 Å². The zero-order chi connectivity index (χ0) is 15.0. The molecule has 20 heavy (non-hydrogen) atoms. The Morgan fingerprint density at radius 1 is 1.10 bits per heavy atom. The first-order valence-electron chi connectivity index (χ1n) is 6.21. The summed E-state index contributed by atoms with van der Waals surface area (Å²) in [7, 11) is 1.85. The van der Waals surface area contributed by atoms with Crippen molar-refractivity contribution in [3.63, 3.8) is 0 Å². The fraction of sp³-hybridized carbons (Fsp3) is 0.267. The Morgan fingerprint density at radius 2 is 1.65 bits per heavy atom. The van der Waals surface area contributed by atoms with Crippen LogP contribution in [0.3, 0.4) is 0 Å². The predicted molar refractivity (Wildman–Crippen MR) is 89.4 cm³/mol. The van der Waals surface area contributed by atoms with Crippen LogP contribution in [0.2, 0.25) is 0 Å².